The molecular formula is C13H21IN2O2. The van der Waals surface area contributed by atoms with Crippen molar-refractivity contribution in [2.45, 2.75) is 52.1 Å². The first-order valence-electron chi connectivity index (χ1n) is 6.27. The van der Waals surface area contributed by atoms with Crippen LogP contribution >= 0.6 is 22.6 Å². The molecule has 0 aliphatic carbocycles. The molecular weight excluding hydrogens is 343 g/mol. The van der Waals surface area contributed by atoms with Crippen LogP contribution in [-0.2, 0) is 10.3 Å². The largest absolute Gasteiger partial charge is 0.370 e. The number of nitrogens with zero attached hydrogens (tertiary/aromatic N) is 1. The van der Waals surface area contributed by atoms with Crippen LogP contribution in [0.25, 0.3) is 0 Å². The van der Waals surface area contributed by atoms with Gasteiger partial charge in [-0.05, 0) is 41.4 Å². The topological polar surface area (TPSA) is 55.0 Å². The predicted octanol–water partition coefficient (Wildman–Crippen LogP) is 3.16. The summed E-state index contributed by atoms with van der Waals surface area (Å²) in [4.78, 5) is 19.5. The maximum Gasteiger partial charge on any atom is 0.264 e. The van der Waals surface area contributed by atoms with Crippen molar-refractivity contribution in [3.63, 3.8) is 0 Å². The SMILES string of the molecule is CCC(CC)(OC)c1nc(C(C)C)c(I)c(=O)[nH]1. The van der Waals surface area contributed by atoms with Crippen LogP contribution in [0.2, 0.25) is 0 Å². The Hall–Kier alpha value is -0.430. The van der Waals surface area contributed by atoms with E-state index in [2.05, 4.69) is 32.6 Å². The fourth-order valence-electron chi connectivity index (χ4n) is 2.04. The Balaban J connectivity index is 3.47. The summed E-state index contributed by atoms with van der Waals surface area (Å²) < 4.78 is 6.29. The molecule has 0 saturated carbocycles. The monoisotopic (exact) mass is 364 g/mol. The van der Waals surface area contributed by atoms with E-state index in [1.54, 1.807) is 7.11 Å². The molecule has 1 aromatic rings. The second kappa shape index (κ2) is 6.14. The third-order valence-corrected chi connectivity index (χ3v) is 4.44. The number of aromatic nitrogens is 2. The summed E-state index contributed by atoms with van der Waals surface area (Å²) in [5.74, 6) is 0.866. The van der Waals surface area contributed by atoms with Gasteiger partial charge in [0.1, 0.15) is 11.4 Å². The number of methoxy groups -OCH3 is 1. The van der Waals surface area contributed by atoms with Crippen molar-refractivity contribution >= 4 is 22.6 Å². The van der Waals surface area contributed by atoms with Crippen LogP contribution in [0, 0.1) is 3.57 Å². The van der Waals surface area contributed by atoms with Gasteiger partial charge in [0, 0.05) is 7.11 Å². The van der Waals surface area contributed by atoms with Gasteiger partial charge in [-0.3, -0.25) is 4.79 Å². The highest BCUT2D eigenvalue weighted by molar-refractivity contribution is 14.1. The zero-order valence-corrected chi connectivity index (χ0v) is 13.8. The van der Waals surface area contributed by atoms with Gasteiger partial charge in [0.05, 0.1) is 9.26 Å². The van der Waals surface area contributed by atoms with Crippen molar-refractivity contribution in [1.29, 1.82) is 0 Å². The smallest absolute Gasteiger partial charge is 0.264 e. The zero-order chi connectivity index (χ0) is 13.9. The van der Waals surface area contributed by atoms with Gasteiger partial charge >= 0.3 is 0 Å². The van der Waals surface area contributed by atoms with Gasteiger partial charge in [0.2, 0.25) is 0 Å². The lowest BCUT2D eigenvalue weighted by molar-refractivity contribution is -0.0295. The Morgan fingerprint density at radius 2 is 1.94 bits per heavy atom. The van der Waals surface area contributed by atoms with Crippen molar-refractivity contribution < 1.29 is 4.74 Å². The summed E-state index contributed by atoms with van der Waals surface area (Å²) in [7, 11) is 1.67. The highest BCUT2D eigenvalue weighted by Gasteiger charge is 2.32. The van der Waals surface area contributed by atoms with Gasteiger partial charge in [-0.2, -0.15) is 0 Å². The highest BCUT2D eigenvalue weighted by atomic mass is 127. The van der Waals surface area contributed by atoms with E-state index >= 15 is 0 Å². The first-order valence-corrected chi connectivity index (χ1v) is 7.35. The number of H-pyrrole nitrogens is 1. The molecule has 1 aromatic heterocycles. The molecule has 4 nitrogen and oxygen atoms in total. The number of hydrogen-bond acceptors (Lipinski definition) is 3. The van der Waals surface area contributed by atoms with Crippen LogP contribution in [0.1, 0.15) is 58.0 Å². The second-order valence-electron chi connectivity index (χ2n) is 4.67. The van der Waals surface area contributed by atoms with Crippen molar-refractivity contribution in [3.05, 3.63) is 25.4 Å². The van der Waals surface area contributed by atoms with E-state index in [0.717, 1.165) is 18.5 Å². The summed E-state index contributed by atoms with van der Waals surface area (Å²) in [6.07, 6.45) is 1.56. The molecule has 0 fully saturated rings. The van der Waals surface area contributed by atoms with Crippen LogP contribution in [0.3, 0.4) is 0 Å². The molecule has 0 amide bonds. The molecule has 0 radical (unpaired) electrons. The van der Waals surface area contributed by atoms with E-state index in [-0.39, 0.29) is 11.5 Å². The van der Waals surface area contributed by atoms with Crippen molar-refractivity contribution in [2.75, 3.05) is 7.11 Å². The van der Waals surface area contributed by atoms with E-state index < -0.39 is 5.60 Å². The third kappa shape index (κ3) is 2.77. The fourth-order valence-corrected chi connectivity index (χ4v) is 2.92. The first-order chi connectivity index (χ1) is 8.41. The van der Waals surface area contributed by atoms with Gasteiger partial charge in [-0.15, -0.1) is 0 Å². The second-order valence-corrected chi connectivity index (χ2v) is 5.75. The molecule has 1 heterocycles. The summed E-state index contributed by atoms with van der Waals surface area (Å²) in [5, 5.41) is 0. The minimum Gasteiger partial charge on any atom is -0.370 e. The van der Waals surface area contributed by atoms with Crippen molar-refractivity contribution in [2.24, 2.45) is 0 Å². The average molecular weight is 364 g/mol. The minimum atomic E-state index is -0.493. The number of aromatic amines is 1. The molecule has 0 saturated heterocycles. The summed E-state index contributed by atoms with van der Waals surface area (Å²) >= 11 is 2.05. The Bertz CT molecular complexity index is 456. The molecule has 5 heteroatoms. The van der Waals surface area contributed by atoms with Crippen LogP contribution in [0.15, 0.2) is 4.79 Å². The quantitative estimate of drug-likeness (QED) is 0.817. The number of rotatable bonds is 5. The lowest BCUT2D eigenvalue weighted by Crippen LogP contribution is -2.33. The summed E-state index contributed by atoms with van der Waals surface area (Å²) in [6.45, 7) is 8.17. The molecule has 1 N–H and O–H groups in total. The Morgan fingerprint density at radius 1 is 1.39 bits per heavy atom. The van der Waals surface area contributed by atoms with Crippen LogP contribution in [-0.4, -0.2) is 17.1 Å². The van der Waals surface area contributed by atoms with Gasteiger partial charge in [0.15, 0.2) is 0 Å². The van der Waals surface area contributed by atoms with Gasteiger partial charge < -0.3 is 9.72 Å². The zero-order valence-electron chi connectivity index (χ0n) is 11.6. The Morgan fingerprint density at radius 3 is 2.33 bits per heavy atom. The predicted molar refractivity (Wildman–Crippen MR) is 80.9 cm³/mol. The Labute approximate surface area is 122 Å². The summed E-state index contributed by atoms with van der Waals surface area (Å²) in [5.41, 5.74) is 0.276. The van der Waals surface area contributed by atoms with E-state index in [9.17, 15) is 4.79 Å². The van der Waals surface area contributed by atoms with Gasteiger partial charge in [0.25, 0.3) is 5.56 Å². The van der Waals surface area contributed by atoms with Gasteiger partial charge in [-0.25, -0.2) is 4.98 Å². The van der Waals surface area contributed by atoms with Crippen LogP contribution in [0.5, 0.6) is 0 Å². The molecule has 0 aromatic carbocycles. The highest BCUT2D eigenvalue weighted by Crippen LogP contribution is 2.30. The molecule has 0 bridgehead atoms. The molecule has 0 spiro atoms. The van der Waals surface area contributed by atoms with E-state index in [0.29, 0.717) is 9.39 Å². The standard InChI is InChI=1S/C13H21IN2O2/c1-6-13(7-2,18-5)12-15-10(8(3)4)9(14)11(17)16-12/h8H,6-7H2,1-5H3,(H,15,16,17). The normalized spacial score (nSPS) is 12.2. The fraction of sp³-hybridized carbons (Fsp3) is 0.692. The number of nitrogens with one attached hydrogen (secondary N) is 1. The number of ether oxygens (including phenoxy) is 1. The van der Waals surface area contributed by atoms with Crippen molar-refractivity contribution in [1.82, 2.24) is 9.97 Å². The molecule has 0 aliphatic heterocycles. The van der Waals surface area contributed by atoms with E-state index in [4.69, 9.17) is 4.74 Å². The van der Waals surface area contributed by atoms with Crippen LogP contribution < -0.4 is 5.56 Å². The third-order valence-electron chi connectivity index (χ3n) is 3.40. The molecule has 0 aliphatic rings. The van der Waals surface area contributed by atoms with E-state index in [1.165, 1.54) is 0 Å². The Kier molecular flexibility index (Phi) is 5.33. The molecule has 0 unspecified atom stereocenters. The average Bonchev–Trinajstić information content (AvgIpc) is 2.35. The van der Waals surface area contributed by atoms with Gasteiger partial charge in [-0.1, -0.05) is 27.7 Å². The summed E-state index contributed by atoms with van der Waals surface area (Å²) in [6, 6.07) is 0. The molecule has 18 heavy (non-hydrogen) atoms. The number of hydrogen-bond donors (Lipinski definition) is 1. The lowest BCUT2D eigenvalue weighted by atomic mass is 9.95. The lowest BCUT2D eigenvalue weighted by Gasteiger charge is -2.29. The number of halogens is 1. The minimum absolute atomic E-state index is 0.0763. The maximum absolute atomic E-state index is 12.0. The maximum atomic E-state index is 12.0. The van der Waals surface area contributed by atoms with E-state index in [1.807, 2.05) is 27.7 Å². The molecule has 0 atom stereocenters. The molecule has 1 rings (SSSR count). The van der Waals surface area contributed by atoms with Crippen LogP contribution in [0.4, 0.5) is 0 Å². The van der Waals surface area contributed by atoms with Crippen molar-refractivity contribution in [3.8, 4) is 0 Å². The molecule has 102 valence electrons. The first kappa shape index (κ1) is 15.6.